The van der Waals surface area contributed by atoms with Crippen LogP contribution in [0.3, 0.4) is 0 Å². The van der Waals surface area contributed by atoms with Gasteiger partial charge in [-0.2, -0.15) is 0 Å². The summed E-state index contributed by atoms with van der Waals surface area (Å²) in [6.45, 7) is 40.7. The summed E-state index contributed by atoms with van der Waals surface area (Å²) in [7, 11) is 0. The second-order valence-electron chi connectivity index (χ2n) is 24.6. The Labute approximate surface area is 539 Å². The van der Waals surface area contributed by atoms with Crippen molar-refractivity contribution in [1.29, 1.82) is 0 Å². The highest BCUT2D eigenvalue weighted by Gasteiger charge is 2.33. The van der Waals surface area contributed by atoms with Crippen LogP contribution in [0.5, 0.6) is 0 Å². The fourth-order valence-electron chi connectivity index (χ4n) is 12.6. The number of aromatic nitrogens is 14. The Morgan fingerprint density at radius 1 is 0.604 bits per heavy atom. The molecule has 478 valence electrons. The van der Waals surface area contributed by atoms with Gasteiger partial charge in [0.15, 0.2) is 27.4 Å². The lowest BCUT2D eigenvalue weighted by atomic mass is 9.83. The average molecular weight is 1270 g/mol. The summed E-state index contributed by atoms with van der Waals surface area (Å²) < 4.78 is 0.955. The summed E-state index contributed by atoms with van der Waals surface area (Å²) in [4.78, 5) is 75.3. The Hall–Kier alpha value is -8.77. The Balaban J connectivity index is 0.000000131. The molecule has 0 radical (unpaired) electrons. The molecule has 6 atom stereocenters. The first-order valence-corrected chi connectivity index (χ1v) is 31.6. The van der Waals surface area contributed by atoms with Crippen molar-refractivity contribution >= 4 is 103 Å². The predicted octanol–water partition coefficient (Wildman–Crippen LogP) is 13.5. The van der Waals surface area contributed by atoms with Crippen LogP contribution >= 0.6 is 24.4 Å². The lowest BCUT2D eigenvalue weighted by molar-refractivity contribution is -0.138. The van der Waals surface area contributed by atoms with Crippen molar-refractivity contribution in [3.05, 3.63) is 157 Å². The van der Waals surface area contributed by atoms with E-state index in [1.54, 1.807) is 19.4 Å². The second kappa shape index (κ2) is 26.6. The van der Waals surface area contributed by atoms with E-state index in [1.807, 2.05) is 39.0 Å². The van der Waals surface area contributed by atoms with Gasteiger partial charge in [0, 0.05) is 45.5 Å². The number of hydrogen-bond acceptors (Lipinski definition) is 14. The molecule has 8 aromatic heterocycles. The molecule has 14 N–H and O–H groups in total. The van der Waals surface area contributed by atoms with Crippen LogP contribution in [0, 0.1) is 99.3 Å². The second-order valence-corrected chi connectivity index (χ2v) is 25.4. The zero-order chi connectivity index (χ0) is 66.5. The molecule has 0 fully saturated rings. The molecule has 0 spiro atoms. The number of aliphatic carboxylic acids is 1. The molecular formula is C68H86N18O3S2. The van der Waals surface area contributed by atoms with Gasteiger partial charge in [0.1, 0.15) is 56.4 Å². The summed E-state index contributed by atoms with van der Waals surface area (Å²) >= 11 is 9.96. The summed E-state index contributed by atoms with van der Waals surface area (Å²) in [6.07, 6.45) is 3.36. The van der Waals surface area contributed by atoms with Gasteiger partial charge in [-0.05, 0) is 209 Å². The lowest BCUT2D eigenvalue weighted by Crippen LogP contribution is -2.38. The quantitative estimate of drug-likeness (QED) is 0.0732. The van der Waals surface area contributed by atoms with Gasteiger partial charge in [-0.15, -0.1) is 0 Å². The number of nitrogens with zero attached hydrogens (tertiary/aromatic N) is 7. The van der Waals surface area contributed by atoms with E-state index in [1.165, 1.54) is 88.8 Å². The topological polar surface area (TPSA) is 334 Å². The summed E-state index contributed by atoms with van der Waals surface area (Å²) in [5.74, 6) is 4.35. The molecule has 14 rings (SSSR count). The van der Waals surface area contributed by atoms with Gasteiger partial charge in [0.25, 0.3) is 0 Å². The largest absolute Gasteiger partial charge is 0.480 e. The Bertz CT molecular complexity index is 4890. The molecule has 21 nitrogen and oxygen atoms in total. The molecule has 1 aliphatic carbocycles. The van der Waals surface area contributed by atoms with Gasteiger partial charge >= 0.3 is 11.7 Å². The number of benzene rings is 3. The van der Waals surface area contributed by atoms with E-state index in [4.69, 9.17) is 46.0 Å². The number of carboxylic acid groups (broad SMARTS) is 1. The van der Waals surface area contributed by atoms with E-state index in [0.717, 1.165) is 63.2 Å². The van der Waals surface area contributed by atoms with Crippen LogP contribution in [0.4, 0.5) is 5.82 Å². The number of carboxylic acids is 1. The molecule has 0 saturated carbocycles. The van der Waals surface area contributed by atoms with Gasteiger partial charge in [-0.1, -0.05) is 68.6 Å². The number of allylic oxidation sites excluding steroid dienone is 1. The first kappa shape index (κ1) is 66.6. The molecule has 23 heteroatoms. The number of fused-ring (bicyclic) bond motifs is 10. The maximum Gasteiger partial charge on any atom is 0.325 e. The number of anilines is 1. The molecule has 3 aromatic carbocycles. The van der Waals surface area contributed by atoms with Crippen LogP contribution in [0.1, 0.15) is 173 Å². The zero-order valence-electron chi connectivity index (χ0n) is 55.6. The van der Waals surface area contributed by atoms with Crippen LogP contribution in [-0.2, 0) is 11.2 Å². The Kier molecular flexibility index (Phi) is 19.5. The maximum absolute atomic E-state index is 10.9. The van der Waals surface area contributed by atoms with E-state index >= 15 is 0 Å². The number of hydrogen-bond donors (Lipinski definition) is 12. The normalized spacial score (nSPS) is 17.4. The molecule has 0 bridgehead atoms. The fourth-order valence-corrected chi connectivity index (χ4v) is 13.2. The summed E-state index contributed by atoms with van der Waals surface area (Å²) in [5.41, 5.74) is 39.3. The van der Waals surface area contributed by atoms with Gasteiger partial charge in [0.05, 0.1) is 17.4 Å². The number of H-pyrrole nitrogens is 8. The highest BCUT2D eigenvalue weighted by atomic mass is 32.1. The lowest BCUT2D eigenvalue weighted by Gasteiger charge is -2.32. The van der Waals surface area contributed by atoms with Crippen molar-refractivity contribution in [3.8, 4) is 0 Å². The van der Waals surface area contributed by atoms with Crippen molar-refractivity contribution in [1.82, 2.24) is 75.1 Å². The van der Waals surface area contributed by atoms with E-state index in [2.05, 4.69) is 184 Å². The predicted molar refractivity (Wildman–Crippen MR) is 373 cm³/mol. The minimum atomic E-state index is -0.944. The first-order chi connectivity index (χ1) is 42.9. The minimum absolute atomic E-state index is 0.334. The van der Waals surface area contributed by atoms with Crippen molar-refractivity contribution in [2.45, 2.75) is 180 Å². The molecule has 11 aromatic rings. The van der Waals surface area contributed by atoms with Crippen LogP contribution in [0.15, 0.2) is 40.1 Å². The minimum Gasteiger partial charge on any atom is -0.480 e. The van der Waals surface area contributed by atoms with Crippen LogP contribution in [-0.4, -0.2) is 105 Å². The molecule has 2 aliphatic heterocycles. The first-order valence-electron chi connectivity index (χ1n) is 30.8. The van der Waals surface area contributed by atoms with E-state index in [9.17, 15) is 9.59 Å². The Morgan fingerprint density at radius 2 is 1.15 bits per heavy atom. The molecule has 6 unspecified atom stereocenters. The highest BCUT2D eigenvalue weighted by molar-refractivity contribution is 7.71. The van der Waals surface area contributed by atoms with Gasteiger partial charge < -0.3 is 51.8 Å². The highest BCUT2D eigenvalue weighted by Crippen LogP contribution is 2.43. The monoisotopic (exact) mass is 1270 g/mol. The Morgan fingerprint density at radius 3 is 1.79 bits per heavy atom. The number of nitrogens with one attached hydrogen (secondary N) is 9. The fraction of sp³-hybridized carbons (Fsp3) is 0.397. The average Bonchev–Trinajstić information content (AvgIpc) is 1.60. The van der Waals surface area contributed by atoms with Crippen LogP contribution in [0.25, 0.3) is 60.9 Å². The standard InChI is InChI=1S/C18H26N2.C18H24N2.C12H13NO2.C7H9N5.C7H8N4S.C6H6N4OS/c2*1-8-9(2)11(4)17-15(10(8)3)16-12(5)13(6)19-14(7)18(16)20-17;13-11(12(14)15)7-9-6-5-8-3-1-2-4-10(8)9;1-3-9-5-6(8)10-4(2)12-7(5)11-3;1-3-8-5-6(9-3)10-4(2)11-7(5)12;1-2-7-3-4(8-2)9-6(11)10-5(3)12/h12-14,19-20H,1-7H3;12-13,20H,1-7H3;1-4,6,11H,5,7,13H2,(H,14,15);1-2H3,(H3,8,9,10,11,12);1-2H3,(H2,8,9,10,11,12);1H3,(H3,7,8,9,10,11,12). The zero-order valence-corrected chi connectivity index (χ0v) is 57.3. The number of nitrogens with two attached hydrogens (primary N) is 2. The molecule has 10 heterocycles. The number of imidazole rings is 3. The molecular weight excluding hydrogens is 1180 g/mol. The van der Waals surface area contributed by atoms with Gasteiger partial charge in [-0.3, -0.25) is 19.8 Å². The number of aliphatic imine (C=N–C) groups is 1. The molecule has 91 heavy (non-hydrogen) atoms. The third kappa shape index (κ3) is 13.4. The number of aromatic amines is 8. The molecule has 0 amide bonds. The van der Waals surface area contributed by atoms with Crippen LogP contribution < -0.4 is 22.5 Å². The number of nitrogen functional groups attached to an aromatic ring is 1. The third-order valence-corrected chi connectivity index (χ3v) is 19.1. The smallest absolute Gasteiger partial charge is 0.325 e. The summed E-state index contributed by atoms with van der Waals surface area (Å²) in [5, 5.41) is 15.3. The van der Waals surface area contributed by atoms with Gasteiger partial charge in [-0.25, -0.2) is 34.7 Å². The van der Waals surface area contributed by atoms with Crippen LogP contribution in [0.2, 0.25) is 0 Å². The van der Waals surface area contributed by atoms with E-state index in [0.29, 0.717) is 74.1 Å². The van der Waals surface area contributed by atoms with Gasteiger partial charge in [0.2, 0.25) is 0 Å². The van der Waals surface area contributed by atoms with E-state index < -0.39 is 12.0 Å². The maximum atomic E-state index is 10.9. The van der Waals surface area contributed by atoms with Crippen molar-refractivity contribution < 1.29 is 9.90 Å². The number of carbonyl (C=O) groups is 1. The number of rotatable bonds is 3. The summed E-state index contributed by atoms with van der Waals surface area (Å²) in [6, 6.07) is 8.52. The van der Waals surface area contributed by atoms with Crippen molar-refractivity contribution in [2.75, 3.05) is 5.73 Å². The molecule has 3 aliphatic rings. The molecule has 0 saturated heterocycles. The van der Waals surface area contributed by atoms with Crippen molar-refractivity contribution in [2.24, 2.45) is 10.7 Å². The SMILES string of the molecule is CC1=NC(C)C(C)c2c1[nH]c1c(C)c(C)c(C)c(C)c21.Cc1c(C)c(C)c2c3c([nH]c2c1C)C(C)NC(C)C3C.Cc1nc(=S)c2[nH]c(C)nc2[nH]1.Cc1nc(N)c2[nH]c(C)nc2n1.Cc1nc2[nH]c(=O)[nH]c(=S)c2[nH]1.NC(CC1=CCc2ccccc21)C(=O)O. The van der Waals surface area contributed by atoms with Crippen molar-refractivity contribution in [3.63, 3.8) is 0 Å². The number of aryl methyl sites for hydroxylation is 9. The van der Waals surface area contributed by atoms with E-state index in [-0.39, 0.29) is 5.69 Å². The third-order valence-electron chi connectivity index (χ3n) is 18.5.